The van der Waals surface area contributed by atoms with Gasteiger partial charge in [-0.15, -0.1) is 10.2 Å². The topological polar surface area (TPSA) is 110 Å². The SMILES string of the molecule is N/C(=C\N(N)C1CC1C(F)F)C(=O)NCc1nnc(-c2ccccc2)s1. The Hall–Kier alpha value is -2.59. The maximum Gasteiger partial charge on any atom is 0.269 e. The first-order valence-electron chi connectivity index (χ1n) is 7.90. The first-order chi connectivity index (χ1) is 12.5. The van der Waals surface area contributed by atoms with Crippen LogP contribution in [0, 0.1) is 5.92 Å². The van der Waals surface area contributed by atoms with Crippen LogP contribution in [-0.4, -0.2) is 33.6 Å². The van der Waals surface area contributed by atoms with Crippen LogP contribution in [-0.2, 0) is 11.3 Å². The van der Waals surface area contributed by atoms with Gasteiger partial charge in [0.1, 0.15) is 15.7 Å². The largest absolute Gasteiger partial charge is 0.393 e. The van der Waals surface area contributed by atoms with Gasteiger partial charge in [0.25, 0.3) is 5.91 Å². The van der Waals surface area contributed by atoms with E-state index in [4.69, 9.17) is 11.6 Å². The second-order valence-electron chi connectivity index (χ2n) is 5.88. The number of aromatic nitrogens is 2. The van der Waals surface area contributed by atoms with Gasteiger partial charge in [0.15, 0.2) is 0 Å². The average Bonchev–Trinajstić information content (AvgIpc) is 3.32. The summed E-state index contributed by atoms with van der Waals surface area (Å²) in [5.74, 6) is 4.34. The third kappa shape index (κ3) is 4.33. The highest BCUT2D eigenvalue weighted by Gasteiger charge is 2.46. The van der Waals surface area contributed by atoms with Gasteiger partial charge in [-0.25, -0.2) is 14.6 Å². The minimum Gasteiger partial charge on any atom is -0.393 e. The number of hydrogen-bond acceptors (Lipinski definition) is 7. The summed E-state index contributed by atoms with van der Waals surface area (Å²) in [5, 5.41) is 13.2. The lowest BCUT2D eigenvalue weighted by molar-refractivity contribution is -0.117. The molecule has 1 fully saturated rings. The van der Waals surface area contributed by atoms with Crippen molar-refractivity contribution in [1.29, 1.82) is 0 Å². The van der Waals surface area contributed by atoms with E-state index in [0.29, 0.717) is 5.01 Å². The van der Waals surface area contributed by atoms with Crippen molar-refractivity contribution in [3.05, 3.63) is 47.2 Å². The van der Waals surface area contributed by atoms with E-state index in [1.807, 2.05) is 30.3 Å². The highest BCUT2D eigenvalue weighted by molar-refractivity contribution is 7.14. The Morgan fingerprint density at radius 1 is 1.38 bits per heavy atom. The third-order valence-corrected chi connectivity index (χ3v) is 4.92. The van der Waals surface area contributed by atoms with Gasteiger partial charge in [0, 0.05) is 17.7 Å². The Balaban J connectivity index is 1.52. The second kappa shape index (κ2) is 7.75. The van der Waals surface area contributed by atoms with Crippen LogP contribution in [0.3, 0.4) is 0 Å². The quantitative estimate of drug-likeness (QED) is 0.381. The van der Waals surface area contributed by atoms with E-state index in [1.165, 1.54) is 17.5 Å². The van der Waals surface area contributed by atoms with Crippen LogP contribution in [0.4, 0.5) is 8.78 Å². The van der Waals surface area contributed by atoms with Gasteiger partial charge >= 0.3 is 0 Å². The summed E-state index contributed by atoms with van der Waals surface area (Å²) < 4.78 is 25.1. The highest BCUT2D eigenvalue weighted by Crippen LogP contribution is 2.39. The molecular formula is C16H18F2N6OS. The van der Waals surface area contributed by atoms with Crippen molar-refractivity contribution >= 4 is 17.2 Å². The van der Waals surface area contributed by atoms with E-state index in [9.17, 15) is 13.6 Å². The number of halogens is 2. The minimum absolute atomic E-state index is 0.153. The molecule has 5 N–H and O–H groups in total. The molecule has 0 radical (unpaired) electrons. The molecule has 26 heavy (non-hydrogen) atoms. The van der Waals surface area contributed by atoms with Crippen molar-refractivity contribution in [2.75, 3.05) is 0 Å². The molecular weight excluding hydrogens is 362 g/mol. The van der Waals surface area contributed by atoms with E-state index in [-0.39, 0.29) is 18.7 Å². The summed E-state index contributed by atoms with van der Waals surface area (Å²) in [5.41, 5.74) is 6.46. The molecule has 1 aromatic heterocycles. The fourth-order valence-electron chi connectivity index (χ4n) is 2.41. The number of carbonyl (C=O) groups is 1. The van der Waals surface area contributed by atoms with Crippen molar-refractivity contribution in [2.45, 2.75) is 25.4 Å². The summed E-state index contributed by atoms with van der Waals surface area (Å²) in [4.78, 5) is 12.0. The Morgan fingerprint density at radius 3 is 2.77 bits per heavy atom. The fraction of sp³-hybridized carbons (Fsp3) is 0.312. The summed E-state index contributed by atoms with van der Waals surface area (Å²) in [6.45, 7) is 0.158. The van der Waals surface area contributed by atoms with E-state index in [1.54, 1.807) is 0 Å². The van der Waals surface area contributed by atoms with Crippen molar-refractivity contribution in [3.63, 3.8) is 0 Å². The summed E-state index contributed by atoms with van der Waals surface area (Å²) in [6, 6.07) is 9.07. The Labute approximate surface area is 152 Å². The van der Waals surface area contributed by atoms with E-state index in [2.05, 4.69) is 15.5 Å². The lowest BCUT2D eigenvalue weighted by Crippen LogP contribution is -2.34. The zero-order chi connectivity index (χ0) is 18.7. The lowest BCUT2D eigenvalue weighted by atomic mass is 10.2. The predicted octanol–water partition coefficient (Wildman–Crippen LogP) is 1.45. The summed E-state index contributed by atoms with van der Waals surface area (Å²) in [6.07, 6.45) is -0.962. The van der Waals surface area contributed by atoms with Crippen LogP contribution in [0.25, 0.3) is 10.6 Å². The average molecular weight is 380 g/mol. The fourth-order valence-corrected chi connectivity index (χ4v) is 3.19. The number of hydrogen-bond donors (Lipinski definition) is 3. The van der Waals surface area contributed by atoms with Crippen molar-refractivity contribution < 1.29 is 13.6 Å². The molecule has 1 aliphatic carbocycles. The van der Waals surface area contributed by atoms with Gasteiger partial charge in [0.05, 0.1) is 12.6 Å². The van der Waals surface area contributed by atoms with Gasteiger partial charge in [-0.05, 0) is 6.42 Å². The van der Waals surface area contributed by atoms with Gasteiger partial charge in [-0.3, -0.25) is 4.79 Å². The normalized spacial score (nSPS) is 19.5. The van der Waals surface area contributed by atoms with Gasteiger partial charge in [-0.1, -0.05) is 41.7 Å². The molecule has 138 valence electrons. The highest BCUT2D eigenvalue weighted by atomic mass is 32.1. The van der Waals surface area contributed by atoms with Crippen molar-refractivity contribution in [2.24, 2.45) is 17.5 Å². The second-order valence-corrected chi connectivity index (χ2v) is 6.94. The molecule has 10 heteroatoms. The van der Waals surface area contributed by atoms with Crippen LogP contribution in [0.2, 0.25) is 0 Å². The standard InChI is InChI=1S/C16H18F2N6OS/c17-14(18)10-6-12(10)24(20)8-11(19)15(25)21-7-13-22-23-16(26-13)9-4-2-1-3-5-9/h1-5,8,10,12,14H,6-7,19-20H2,(H,21,25)/b11-8-. The van der Waals surface area contributed by atoms with Gasteiger partial charge < -0.3 is 16.1 Å². The summed E-state index contributed by atoms with van der Waals surface area (Å²) in [7, 11) is 0. The number of rotatable bonds is 7. The zero-order valence-corrected chi connectivity index (χ0v) is 14.5. The number of nitrogens with zero attached hydrogens (tertiary/aromatic N) is 3. The van der Waals surface area contributed by atoms with E-state index >= 15 is 0 Å². The monoisotopic (exact) mass is 380 g/mol. The molecule has 1 amide bonds. The number of hydrazine groups is 1. The smallest absolute Gasteiger partial charge is 0.269 e. The zero-order valence-electron chi connectivity index (χ0n) is 13.7. The van der Waals surface area contributed by atoms with Crippen LogP contribution >= 0.6 is 11.3 Å². The van der Waals surface area contributed by atoms with Crippen LogP contribution in [0.15, 0.2) is 42.2 Å². The molecule has 0 aliphatic heterocycles. The third-order valence-electron chi connectivity index (χ3n) is 3.95. The van der Waals surface area contributed by atoms with Gasteiger partial charge in [0.2, 0.25) is 6.43 Å². The number of amides is 1. The number of nitrogens with one attached hydrogen (secondary N) is 1. The van der Waals surface area contributed by atoms with E-state index < -0.39 is 24.3 Å². The molecule has 7 nitrogen and oxygen atoms in total. The molecule has 2 atom stereocenters. The molecule has 1 aromatic carbocycles. The maximum absolute atomic E-state index is 12.5. The number of nitrogens with two attached hydrogens (primary N) is 2. The van der Waals surface area contributed by atoms with E-state index in [0.717, 1.165) is 15.6 Å². The minimum atomic E-state index is -2.43. The Bertz CT molecular complexity index is 797. The molecule has 3 rings (SSSR count). The first-order valence-corrected chi connectivity index (χ1v) is 8.72. The maximum atomic E-state index is 12.5. The van der Waals surface area contributed by atoms with Crippen LogP contribution in [0.1, 0.15) is 11.4 Å². The van der Waals surface area contributed by atoms with Crippen LogP contribution < -0.4 is 16.9 Å². The number of alkyl halides is 2. The molecule has 0 spiro atoms. The van der Waals surface area contributed by atoms with Crippen molar-refractivity contribution in [1.82, 2.24) is 20.5 Å². The first kappa shape index (κ1) is 18.2. The Morgan fingerprint density at radius 2 is 2.12 bits per heavy atom. The molecule has 2 aromatic rings. The predicted molar refractivity (Wildman–Crippen MR) is 93.4 cm³/mol. The Kier molecular flexibility index (Phi) is 5.43. The molecule has 0 saturated heterocycles. The molecule has 1 heterocycles. The van der Waals surface area contributed by atoms with Crippen LogP contribution in [0.5, 0.6) is 0 Å². The van der Waals surface area contributed by atoms with Gasteiger partial charge in [-0.2, -0.15) is 0 Å². The van der Waals surface area contributed by atoms with Crippen molar-refractivity contribution in [3.8, 4) is 10.6 Å². The number of benzene rings is 1. The molecule has 1 aliphatic rings. The molecule has 2 unspecified atom stereocenters. The lowest BCUT2D eigenvalue weighted by Gasteiger charge is -2.14. The molecule has 1 saturated carbocycles. The molecule has 0 bridgehead atoms. The summed E-state index contributed by atoms with van der Waals surface area (Å²) >= 11 is 1.36. The number of carbonyl (C=O) groups excluding carboxylic acids is 1.